The van der Waals surface area contributed by atoms with Crippen LogP contribution in [0.4, 0.5) is 0 Å². The van der Waals surface area contributed by atoms with Gasteiger partial charge in [-0.1, -0.05) is 23.7 Å². The summed E-state index contributed by atoms with van der Waals surface area (Å²) in [5.41, 5.74) is 2.31. The number of pyridine rings is 1. The second-order valence-electron chi connectivity index (χ2n) is 5.25. The highest BCUT2D eigenvalue weighted by molar-refractivity contribution is 7.89. The summed E-state index contributed by atoms with van der Waals surface area (Å²) in [4.78, 5) is 5.48. The predicted molar refractivity (Wildman–Crippen MR) is 97.8 cm³/mol. The van der Waals surface area contributed by atoms with Crippen LogP contribution in [0.25, 0.3) is 10.4 Å². The number of thiophene rings is 1. The zero-order valence-corrected chi connectivity index (χ0v) is 15.3. The van der Waals surface area contributed by atoms with E-state index >= 15 is 0 Å². The minimum absolute atomic E-state index is 0.167. The standard InChI is InChI=1S/C17H15ClN2O2S2/c1-12-15(18)4-2-6-17(12)24(21,22)20-10-13-8-14(11-19-9-13)16-5-3-7-23-16/h2-9,11,20H,10H2,1H3. The molecule has 0 saturated heterocycles. The van der Waals surface area contributed by atoms with Gasteiger partial charge in [-0.3, -0.25) is 4.98 Å². The Kier molecular flexibility index (Phi) is 5.01. The molecule has 2 heterocycles. The fourth-order valence-corrected chi connectivity index (χ4v) is 4.52. The molecule has 124 valence electrons. The number of hydrogen-bond acceptors (Lipinski definition) is 4. The second-order valence-corrected chi connectivity index (χ2v) is 8.34. The largest absolute Gasteiger partial charge is 0.264 e. The average molecular weight is 379 g/mol. The normalized spacial score (nSPS) is 11.6. The van der Waals surface area contributed by atoms with Crippen LogP contribution in [0.5, 0.6) is 0 Å². The maximum absolute atomic E-state index is 12.5. The lowest BCUT2D eigenvalue weighted by molar-refractivity contribution is 0.580. The molecule has 4 nitrogen and oxygen atoms in total. The van der Waals surface area contributed by atoms with Crippen molar-refractivity contribution in [2.45, 2.75) is 18.4 Å². The van der Waals surface area contributed by atoms with Gasteiger partial charge in [-0.2, -0.15) is 0 Å². The number of nitrogens with one attached hydrogen (secondary N) is 1. The maximum atomic E-state index is 12.5. The van der Waals surface area contributed by atoms with Crippen molar-refractivity contribution in [2.75, 3.05) is 0 Å². The van der Waals surface area contributed by atoms with Crippen LogP contribution in [0.1, 0.15) is 11.1 Å². The molecule has 0 radical (unpaired) electrons. The summed E-state index contributed by atoms with van der Waals surface area (Å²) in [5.74, 6) is 0. The number of halogens is 1. The average Bonchev–Trinajstić information content (AvgIpc) is 3.10. The van der Waals surface area contributed by atoms with Crippen LogP contribution in [0, 0.1) is 6.92 Å². The molecular weight excluding hydrogens is 364 g/mol. The summed E-state index contributed by atoms with van der Waals surface area (Å²) in [6, 6.07) is 10.8. The Morgan fingerprint density at radius 3 is 2.79 bits per heavy atom. The summed E-state index contributed by atoms with van der Waals surface area (Å²) in [5, 5.41) is 2.42. The van der Waals surface area contributed by atoms with Gasteiger partial charge in [-0.25, -0.2) is 13.1 Å². The van der Waals surface area contributed by atoms with Crippen LogP contribution >= 0.6 is 22.9 Å². The van der Waals surface area contributed by atoms with Gasteiger partial charge < -0.3 is 0 Å². The van der Waals surface area contributed by atoms with E-state index in [-0.39, 0.29) is 11.4 Å². The Morgan fingerprint density at radius 1 is 1.21 bits per heavy atom. The Bertz CT molecular complexity index is 954. The van der Waals surface area contributed by atoms with E-state index < -0.39 is 10.0 Å². The third-order valence-corrected chi connectivity index (χ3v) is 6.45. The Balaban J connectivity index is 1.80. The molecule has 1 aromatic carbocycles. The Morgan fingerprint density at radius 2 is 2.04 bits per heavy atom. The molecule has 0 aliphatic carbocycles. The van der Waals surface area contributed by atoms with E-state index in [1.807, 2.05) is 23.6 Å². The highest BCUT2D eigenvalue weighted by Crippen LogP contribution is 2.25. The zero-order valence-electron chi connectivity index (χ0n) is 12.9. The predicted octanol–water partition coefficient (Wildman–Crippen LogP) is 4.25. The molecule has 24 heavy (non-hydrogen) atoms. The molecule has 0 atom stereocenters. The van der Waals surface area contributed by atoms with Crippen molar-refractivity contribution >= 4 is 33.0 Å². The molecule has 0 aliphatic heterocycles. The lowest BCUT2D eigenvalue weighted by Gasteiger charge is -2.10. The van der Waals surface area contributed by atoms with Crippen LogP contribution in [-0.2, 0) is 16.6 Å². The quantitative estimate of drug-likeness (QED) is 0.722. The number of sulfonamides is 1. The van der Waals surface area contributed by atoms with Gasteiger partial charge in [-0.15, -0.1) is 11.3 Å². The second kappa shape index (κ2) is 7.03. The molecule has 7 heteroatoms. The summed E-state index contributed by atoms with van der Waals surface area (Å²) in [6.45, 7) is 1.86. The van der Waals surface area contributed by atoms with Crippen molar-refractivity contribution in [2.24, 2.45) is 0 Å². The molecule has 3 aromatic rings. The van der Waals surface area contributed by atoms with Crippen LogP contribution in [0.2, 0.25) is 5.02 Å². The number of rotatable bonds is 5. The molecule has 0 fully saturated rings. The van der Waals surface area contributed by atoms with Crippen molar-refractivity contribution in [1.29, 1.82) is 0 Å². The molecule has 0 amide bonds. The molecule has 3 rings (SSSR count). The Labute approximate surface area is 150 Å². The lowest BCUT2D eigenvalue weighted by Crippen LogP contribution is -2.24. The van der Waals surface area contributed by atoms with Gasteiger partial charge in [0.1, 0.15) is 0 Å². The topological polar surface area (TPSA) is 59.1 Å². The number of hydrogen-bond donors (Lipinski definition) is 1. The lowest BCUT2D eigenvalue weighted by atomic mass is 10.2. The fraction of sp³-hybridized carbons (Fsp3) is 0.118. The molecule has 0 saturated carbocycles. The third kappa shape index (κ3) is 3.67. The molecule has 2 aromatic heterocycles. The first-order valence-corrected chi connectivity index (χ1v) is 9.94. The van der Waals surface area contributed by atoms with Crippen LogP contribution < -0.4 is 4.72 Å². The van der Waals surface area contributed by atoms with Gasteiger partial charge in [0, 0.05) is 34.4 Å². The van der Waals surface area contributed by atoms with Gasteiger partial charge in [0.2, 0.25) is 10.0 Å². The summed E-state index contributed by atoms with van der Waals surface area (Å²) >= 11 is 7.63. The smallest absolute Gasteiger partial charge is 0.241 e. The SMILES string of the molecule is Cc1c(Cl)cccc1S(=O)(=O)NCc1cncc(-c2cccs2)c1. The number of benzene rings is 1. The van der Waals surface area contributed by atoms with Crippen molar-refractivity contribution < 1.29 is 8.42 Å². The first kappa shape index (κ1) is 17.1. The van der Waals surface area contributed by atoms with E-state index in [2.05, 4.69) is 9.71 Å². The first-order chi connectivity index (χ1) is 11.5. The molecular formula is C17H15ClN2O2S2. The summed E-state index contributed by atoms with van der Waals surface area (Å²) < 4.78 is 27.6. The summed E-state index contributed by atoms with van der Waals surface area (Å²) in [6.07, 6.45) is 3.43. The first-order valence-electron chi connectivity index (χ1n) is 7.20. The molecule has 0 spiro atoms. The third-order valence-electron chi connectivity index (χ3n) is 3.57. The molecule has 0 bridgehead atoms. The number of nitrogens with zero attached hydrogens (tertiary/aromatic N) is 1. The minimum Gasteiger partial charge on any atom is -0.264 e. The Hall–Kier alpha value is -1.73. The van der Waals surface area contributed by atoms with Crippen molar-refractivity contribution in [3.8, 4) is 10.4 Å². The molecule has 0 aliphatic rings. The fourth-order valence-electron chi connectivity index (χ4n) is 2.30. The molecule has 0 unspecified atom stereocenters. The van der Waals surface area contributed by atoms with E-state index in [0.29, 0.717) is 10.6 Å². The van der Waals surface area contributed by atoms with Crippen molar-refractivity contribution in [3.63, 3.8) is 0 Å². The zero-order chi connectivity index (χ0) is 17.2. The van der Waals surface area contributed by atoms with E-state index in [9.17, 15) is 8.42 Å². The van der Waals surface area contributed by atoms with E-state index in [1.54, 1.807) is 48.9 Å². The van der Waals surface area contributed by atoms with E-state index in [1.165, 1.54) is 0 Å². The maximum Gasteiger partial charge on any atom is 0.241 e. The van der Waals surface area contributed by atoms with Crippen LogP contribution in [-0.4, -0.2) is 13.4 Å². The highest BCUT2D eigenvalue weighted by Gasteiger charge is 2.17. The van der Waals surface area contributed by atoms with Crippen molar-refractivity contribution in [3.05, 3.63) is 70.3 Å². The van der Waals surface area contributed by atoms with Gasteiger partial charge in [0.15, 0.2) is 0 Å². The van der Waals surface area contributed by atoms with Crippen LogP contribution in [0.15, 0.2) is 59.1 Å². The van der Waals surface area contributed by atoms with E-state index in [4.69, 9.17) is 11.6 Å². The monoisotopic (exact) mass is 378 g/mol. The van der Waals surface area contributed by atoms with Gasteiger partial charge in [0.25, 0.3) is 0 Å². The van der Waals surface area contributed by atoms with Gasteiger partial charge >= 0.3 is 0 Å². The minimum atomic E-state index is -3.64. The van der Waals surface area contributed by atoms with Crippen molar-refractivity contribution in [1.82, 2.24) is 9.71 Å². The van der Waals surface area contributed by atoms with Gasteiger partial charge in [0.05, 0.1) is 4.90 Å². The highest BCUT2D eigenvalue weighted by atomic mass is 35.5. The summed E-state index contributed by atoms with van der Waals surface area (Å²) in [7, 11) is -3.64. The van der Waals surface area contributed by atoms with Gasteiger partial charge in [-0.05, 0) is 47.7 Å². The van der Waals surface area contributed by atoms with Crippen LogP contribution in [0.3, 0.4) is 0 Å². The van der Waals surface area contributed by atoms with E-state index in [0.717, 1.165) is 16.0 Å². The molecule has 1 N–H and O–H groups in total. The number of aromatic nitrogens is 1.